The first-order chi connectivity index (χ1) is 9.96. The van der Waals surface area contributed by atoms with E-state index in [1.54, 1.807) is 0 Å². The molecule has 0 spiro atoms. The van der Waals surface area contributed by atoms with Gasteiger partial charge in [0, 0.05) is 42.7 Å². The Balaban J connectivity index is 1.60. The van der Waals surface area contributed by atoms with Crippen LogP contribution < -0.4 is 5.32 Å². The molecule has 0 atom stereocenters. The van der Waals surface area contributed by atoms with Crippen LogP contribution in [0.3, 0.4) is 0 Å². The molecular formula is C18H34N2S. The van der Waals surface area contributed by atoms with Crippen molar-refractivity contribution >= 4 is 11.8 Å². The first kappa shape index (κ1) is 16.1. The molecule has 1 N–H and O–H groups in total. The van der Waals surface area contributed by atoms with Gasteiger partial charge >= 0.3 is 0 Å². The average molecular weight is 311 g/mol. The van der Waals surface area contributed by atoms with Crippen molar-refractivity contribution in [2.75, 3.05) is 31.9 Å². The molecule has 21 heavy (non-hydrogen) atoms. The Bertz CT molecular complexity index is 343. The normalized spacial score (nSPS) is 37.6. The lowest BCUT2D eigenvalue weighted by molar-refractivity contribution is 0.0834. The lowest BCUT2D eigenvalue weighted by Gasteiger charge is -2.46. The van der Waals surface area contributed by atoms with Gasteiger partial charge in [0.05, 0.1) is 0 Å². The van der Waals surface area contributed by atoms with Gasteiger partial charge in [-0.3, -0.25) is 0 Å². The summed E-state index contributed by atoms with van der Waals surface area (Å²) in [5, 5.41) is 3.86. The molecule has 3 heteroatoms. The van der Waals surface area contributed by atoms with E-state index in [0.29, 0.717) is 10.2 Å². The van der Waals surface area contributed by atoms with Crippen LogP contribution in [0.25, 0.3) is 0 Å². The molecule has 0 unspecified atom stereocenters. The van der Waals surface area contributed by atoms with E-state index in [1.165, 1.54) is 70.5 Å². The van der Waals surface area contributed by atoms with Gasteiger partial charge in [0.1, 0.15) is 0 Å². The number of thioether (sulfide) groups is 1. The van der Waals surface area contributed by atoms with E-state index in [0.717, 1.165) is 12.0 Å². The van der Waals surface area contributed by atoms with Crippen molar-refractivity contribution in [3.63, 3.8) is 0 Å². The van der Waals surface area contributed by atoms with Crippen LogP contribution in [0.2, 0.25) is 0 Å². The molecule has 0 aromatic heterocycles. The molecule has 3 fully saturated rings. The number of rotatable bonds is 5. The summed E-state index contributed by atoms with van der Waals surface area (Å²) in [4.78, 5) is 2.78. The maximum absolute atomic E-state index is 3.86. The van der Waals surface area contributed by atoms with Gasteiger partial charge in [0.15, 0.2) is 0 Å². The highest BCUT2D eigenvalue weighted by atomic mass is 32.2. The van der Waals surface area contributed by atoms with Crippen molar-refractivity contribution in [3.05, 3.63) is 0 Å². The van der Waals surface area contributed by atoms with Crippen LogP contribution in [0.4, 0.5) is 0 Å². The second kappa shape index (κ2) is 6.41. The fourth-order valence-corrected chi connectivity index (χ4v) is 5.31. The van der Waals surface area contributed by atoms with Crippen LogP contribution in [-0.2, 0) is 0 Å². The van der Waals surface area contributed by atoms with E-state index in [4.69, 9.17) is 0 Å². The fraction of sp³-hybridized carbons (Fsp3) is 1.00. The van der Waals surface area contributed by atoms with E-state index in [9.17, 15) is 0 Å². The van der Waals surface area contributed by atoms with Gasteiger partial charge in [-0.1, -0.05) is 19.8 Å². The Morgan fingerprint density at radius 1 is 1.14 bits per heavy atom. The molecule has 1 heterocycles. The molecule has 1 saturated heterocycles. The molecule has 2 nitrogen and oxygen atoms in total. The van der Waals surface area contributed by atoms with Crippen LogP contribution in [0.15, 0.2) is 0 Å². The van der Waals surface area contributed by atoms with Crippen LogP contribution in [-0.4, -0.2) is 47.6 Å². The second-order valence-electron chi connectivity index (χ2n) is 8.66. The van der Waals surface area contributed by atoms with Crippen LogP contribution >= 0.6 is 11.8 Å². The average Bonchev–Trinajstić information content (AvgIpc) is 3.23. The van der Waals surface area contributed by atoms with Crippen LogP contribution in [0.1, 0.15) is 59.3 Å². The maximum Gasteiger partial charge on any atom is 0.0231 e. The summed E-state index contributed by atoms with van der Waals surface area (Å²) in [6, 6.07) is 0.856. The smallest absolute Gasteiger partial charge is 0.0231 e. The van der Waals surface area contributed by atoms with Gasteiger partial charge < -0.3 is 10.2 Å². The molecule has 1 aliphatic heterocycles. The highest BCUT2D eigenvalue weighted by molar-refractivity contribution is 8.00. The molecule has 3 rings (SSSR count). The third-order valence-electron chi connectivity index (χ3n) is 5.74. The molecule has 0 radical (unpaired) electrons. The summed E-state index contributed by atoms with van der Waals surface area (Å²) in [5.74, 6) is 2.27. The summed E-state index contributed by atoms with van der Waals surface area (Å²) >= 11 is 2.16. The first-order valence-corrected chi connectivity index (χ1v) is 10.0. The first-order valence-electron chi connectivity index (χ1n) is 9.06. The van der Waals surface area contributed by atoms with Crippen molar-refractivity contribution in [1.82, 2.24) is 10.2 Å². The van der Waals surface area contributed by atoms with Crippen molar-refractivity contribution in [3.8, 4) is 0 Å². The van der Waals surface area contributed by atoms with Gasteiger partial charge in [0.2, 0.25) is 0 Å². The Morgan fingerprint density at radius 2 is 1.86 bits per heavy atom. The molecule has 0 aromatic rings. The number of hydrogen-bond donors (Lipinski definition) is 1. The minimum atomic E-state index is 0.450. The van der Waals surface area contributed by atoms with Crippen LogP contribution in [0.5, 0.6) is 0 Å². The van der Waals surface area contributed by atoms with Gasteiger partial charge in [0.25, 0.3) is 0 Å². The standard InChI is InChI=1S/C18H34N2S/c1-15-6-8-18(9-7-15,12-19-16-4-5-16)14-20-10-11-21-17(2,3)13-20/h15-16,19H,4-14H2,1-3H3. The predicted octanol–water partition coefficient (Wildman–Crippen LogP) is 3.76. The minimum absolute atomic E-state index is 0.450. The van der Waals surface area contributed by atoms with Gasteiger partial charge in [-0.25, -0.2) is 0 Å². The summed E-state index contributed by atoms with van der Waals surface area (Å²) in [7, 11) is 0. The number of nitrogens with one attached hydrogen (secondary N) is 1. The molecule has 0 aromatic carbocycles. The zero-order chi connectivity index (χ0) is 14.9. The summed E-state index contributed by atoms with van der Waals surface area (Å²) in [6.07, 6.45) is 8.60. The largest absolute Gasteiger partial charge is 0.313 e. The van der Waals surface area contributed by atoms with Gasteiger partial charge in [-0.05, 0) is 50.9 Å². The lowest BCUT2D eigenvalue weighted by Crippen LogP contribution is -2.51. The summed E-state index contributed by atoms with van der Waals surface area (Å²) in [5.41, 5.74) is 0.563. The number of nitrogens with zero attached hydrogens (tertiary/aromatic N) is 1. The van der Waals surface area contributed by atoms with Gasteiger partial charge in [-0.15, -0.1) is 0 Å². The Morgan fingerprint density at radius 3 is 2.48 bits per heavy atom. The molecule has 0 bridgehead atoms. The molecule has 2 saturated carbocycles. The zero-order valence-corrected chi connectivity index (χ0v) is 15.1. The van der Waals surface area contributed by atoms with E-state index < -0.39 is 0 Å². The molecular weight excluding hydrogens is 276 g/mol. The highest BCUT2D eigenvalue weighted by Gasteiger charge is 2.39. The van der Waals surface area contributed by atoms with E-state index >= 15 is 0 Å². The van der Waals surface area contributed by atoms with Gasteiger partial charge in [-0.2, -0.15) is 11.8 Å². The monoisotopic (exact) mass is 310 g/mol. The van der Waals surface area contributed by atoms with Crippen molar-refractivity contribution in [2.24, 2.45) is 11.3 Å². The third kappa shape index (κ3) is 4.62. The molecule has 0 amide bonds. The zero-order valence-electron chi connectivity index (χ0n) is 14.3. The topological polar surface area (TPSA) is 15.3 Å². The molecule has 2 aliphatic carbocycles. The third-order valence-corrected chi connectivity index (χ3v) is 7.04. The Labute approximate surface area is 135 Å². The lowest BCUT2D eigenvalue weighted by atomic mass is 9.70. The van der Waals surface area contributed by atoms with E-state index in [2.05, 4.69) is 42.7 Å². The summed E-state index contributed by atoms with van der Waals surface area (Å²) in [6.45, 7) is 12.5. The second-order valence-corrected chi connectivity index (χ2v) is 10.5. The Kier molecular flexibility index (Phi) is 4.93. The summed E-state index contributed by atoms with van der Waals surface area (Å²) < 4.78 is 0.450. The Hall–Kier alpha value is 0.270. The SMILES string of the molecule is CC1CCC(CNC2CC2)(CN2CCSC(C)(C)C2)CC1. The van der Waals surface area contributed by atoms with Crippen molar-refractivity contribution in [1.29, 1.82) is 0 Å². The van der Waals surface area contributed by atoms with E-state index in [1.807, 2.05) is 0 Å². The minimum Gasteiger partial charge on any atom is -0.313 e. The predicted molar refractivity (Wildman–Crippen MR) is 94.1 cm³/mol. The quantitative estimate of drug-likeness (QED) is 0.832. The van der Waals surface area contributed by atoms with Crippen molar-refractivity contribution in [2.45, 2.75) is 70.1 Å². The fourth-order valence-electron chi connectivity index (χ4n) is 4.14. The molecule has 122 valence electrons. The van der Waals surface area contributed by atoms with E-state index in [-0.39, 0.29) is 0 Å². The highest BCUT2D eigenvalue weighted by Crippen LogP contribution is 2.41. The van der Waals surface area contributed by atoms with Crippen LogP contribution in [0, 0.1) is 11.3 Å². The number of hydrogen-bond acceptors (Lipinski definition) is 3. The maximum atomic E-state index is 3.86. The molecule has 3 aliphatic rings. The van der Waals surface area contributed by atoms with Crippen molar-refractivity contribution < 1.29 is 0 Å².